The zero-order valence-corrected chi connectivity index (χ0v) is 26.9. The van der Waals surface area contributed by atoms with E-state index in [1.54, 1.807) is 13.8 Å². The van der Waals surface area contributed by atoms with Gasteiger partial charge in [0.2, 0.25) is 0 Å². The van der Waals surface area contributed by atoms with Gasteiger partial charge >= 0.3 is 0 Å². The van der Waals surface area contributed by atoms with Gasteiger partial charge in [0.15, 0.2) is 0 Å². The molecule has 4 aromatic carbocycles. The molecular formula is C36H26N8O2Ti-2. The van der Waals surface area contributed by atoms with Gasteiger partial charge in [0.1, 0.15) is 0 Å². The molecule has 2 aliphatic heterocycles. The number of aliphatic hydroxyl groups is 2. The number of aromatic nitrogens is 8. The molecule has 0 saturated heterocycles. The smallest absolute Gasteiger partial charge is 0.0927 e. The normalized spacial score (nSPS) is 12.8. The van der Waals surface area contributed by atoms with Gasteiger partial charge in [-0.05, 0) is 35.4 Å². The van der Waals surface area contributed by atoms with Crippen molar-refractivity contribution in [1.29, 1.82) is 0 Å². The predicted octanol–water partition coefficient (Wildman–Crippen LogP) is 5.87. The van der Waals surface area contributed by atoms with Gasteiger partial charge in [0.25, 0.3) is 0 Å². The van der Waals surface area contributed by atoms with Crippen LogP contribution in [0.4, 0.5) is 0 Å². The van der Waals surface area contributed by atoms with Crippen LogP contribution >= 0.6 is 0 Å². The van der Waals surface area contributed by atoms with Gasteiger partial charge in [-0.15, -0.1) is 0 Å². The van der Waals surface area contributed by atoms with E-state index < -0.39 is 12.2 Å². The van der Waals surface area contributed by atoms with Crippen molar-refractivity contribution in [2.45, 2.75) is 26.1 Å². The summed E-state index contributed by atoms with van der Waals surface area (Å²) in [6, 6.07) is 31.8. The molecular weight excluding hydrogens is 624 g/mol. The molecule has 0 radical (unpaired) electrons. The third-order valence-corrected chi connectivity index (χ3v) is 8.03. The van der Waals surface area contributed by atoms with E-state index in [1.165, 1.54) is 0 Å². The van der Waals surface area contributed by atoms with Crippen molar-refractivity contribution >= 4 is 44.1 Å². The molecule has 10 nitrogen and oxygen atoms in total. The average molecular weight is 651 g/mol. The fourth-order valence-electron chi connectivity index (χ4n) is 5.46. The Hall–Kier alpha value is -5.13. The molecule has 7 aromatic rings. The van der Waals surface area contributed by atoms with E-state index in [-0.39, 0.29) is 21.7 Å². The molecule has 2 atom stereocenters. The SMILES string of the molecule is C[C@@H](O)[C@@H](C)O.[Ti].c1ccc2c(c1)-c1nc-2nc2[n-]c(nc3nc(nc4[n-]c(n1)c1ccccc41)-c1ccccc1-3)c1ccccc21. The maximum Gasteiger partial charge on any atom is 0.0927 e. The Morgan fingerprint density at radius 3 is 0.872 bits per heavy atom. The summed E-state index contributed by atoms with van der Waals surface area (Å²) in [5.41, 5.74) is 5.78. The van der Waals surface area contributed by atoms with Gasteiger partial charge in [0, 0.05) is 66.6 Å². The minimum absolute atomic E-state index is 0. The molecule has 2 N–H and O–H groups in total. The number of benzene rings is 4. The molecule has 5 heterocycles. The van der Waals surface area contributed by atoms with Crippen LogP contribution in [0.2, 0.25) is 0 Å². The Morgan fingerprint density at radius 1 is 0.404 bits per heavy atom. The topological polar surface area (TPSA) is 146 Å². The summed E-state index contributed by atoms with van der Waals surface area (Å²) in [7, 11) is 0. The second kappa shape index (κ2) is 12.2. The molecule has 2 aliphatic rings. The first-order valence-corrected chi connectivity index (χ1v) is 14.9. The van der Waals surface area contributed by atoms with Gasteiger partial charge in [-0.3, -0.25) is 0 Å². The van der Waals surface area contributed by atoms with Crippen molar-refractivity contribution in [1.82, 2.24) is 39.9 Å². The monoisotopic (exact) mass is 650 g/mol. The molecule has 0 unspecified atom stereocenters. The number of rotatable bonds is 1. The van der Waals surface area contributed by atoms with Crippen molar-refractivity contribution in [3.63, 3.8) is 0 Å². The van der Waals surface area contributed by atoms with Gasteiger partial charge in [-0.2, -0.15) is 0 Å². The Balaban J connectivity index is 0.000000462. The van der Waals surface area contributed by atoms with Crippen LogP contribution in [0, 0.1) is 0 Å². The molecule has 3 aromatic heterocycles. The fraction of sp³-hybridized carbons (Fsp3) is 0.111. The van der Waals surface area contributed by atoms with Crippen LogP contribution in [0.5, 0.6) is 0 Å². The maximum atomic E-state index is 8.38. The maximum absolute atomic E-state index is 8.38. The summed E-state index contributed by atoms with van der Waals surface area (Å²) in [5, 5.41) is 20.3. The summed E-state index contributed by atoms with van der Waals surface area (Å²) in [6.45, 7) is 3.09. The number of hydrogen-bond donors (Lipinski definition) is 2. The van der Waals surface area contributed by atoms with E-state index in [9.17, 15) is 0 Å². The molecule has 0 fully saturated rings. The second-order valence-corrected chi connectivity index (χ2v) is 11.1. The molecule has 228 valence electrons. The molecule has 0 amide bonds. The van der Waals surface area contributed by atoms with Gasteiger partial charge in [0.05, 0.1) is 35.5 Å². The van der Waals surface area contributed by atoms with E-state index in [4.69, 9.17) is 50.1 Å². The quantitative estimate of drug-likeness (QED) is 0.207. The molecule has 0 aliphatic carbocycles. The van der Waals surface area contributed by atoms with Gasteiger partial charge < -0.3 is 40.1 Å². The van der Waals surface area contributed by atoms with E-state index >= 15 is 0 Å². The van der Waals surface area contributed by atoms with Crippen molar-refractivity contribution in [2.75, 3.05) is 0 Å². The zero-order valence-electron chi connectivity index (χ0n) is 25.4. The standard InChI is InChI=1S/C32H16N8.C4H10O2.Ti/c1-2-10-18-17(9-1)25-33-26(18)38-28-21-13-5-6-14-22(21)30(35-28)40-32-24-16-8-7-15-23(24)31(36-32)39-29-20-12-4-3-11-19(20)27(34-29)37-25;1-3(5)4(2)6;/h1-16H;3-6H,1-2H3;/q-2;;/t;3-,4-;/m.1./s1. The molecule has 0 spiro atoms. The largest absolute Gasteiger partial charge is 0.391 e. The predicted molar refractivity (Wildman–Crippen MR) is 177 cm³/mol. The van der Waals surface area contributed by atoms with E-state index in [0.29, 0.717) is 45.9 Å². The minimum Gasteiger partial charge on any atom is -0.391 e. The Bertz CT molecular complexity index is 2140. The van der Waals surface area contributed by atoms with Crippen molar-refractivity contribution in [3.8, 4) is 45.6 Å². The molecule has 8 bridgehead atoms. The van der Waals surface area contributed by atoms with Crippen LogP contribution in [0.3, 0.4) is 0 Å². The summed E-state index contributed by atoms with van der Waals surface area (Å²) >= 11 is 0. The zero-order chi connectivity index (χ0) is 31.4. The number of aliphatic hydroxyl groups excluding tert-OH is 2. The first-order valence-electron chi connectivity index (χ1n) is 14.9. The number of fused-ring (bicyclic) bond motifs is 20. The summed E-state index contributed by atoms with van der Waals surface area (Å²) < 4.78 is 0. The third-order valence-electron chi connectivity index (χ3n) is 8.03. The summed E-state index contributed by atoms with van der Waals surface area (Å²) in [6.07, 6.45) is -1.19. The Kier molecular flexibility index (Phi) is 7.95. The average Bonchev–Trinajstić information content (AvgIpc) is 3.81. The first kappa shape index (κ1) is 30.5. The van der Waals surface area contributed by atoms with E-state index in [0.717, 1.165) is 43.8 Å². The summed E-state index contributed by atoms with van der Waals surface area (Å²) in [4.78, 5) is 39.3. The molecule has 47 heavy (non-hydrogen) atoms. The molecule has 9 rings (SSSR count). The van der Waals surface area contributed by atoms with Gasteiger partial charge in [-0.25, -0.2) is 9.97 Å². The second-order valence-electron chi connectivity index (χ2n) is 11.1. The van der Waals surface area contributed by atoms with Crippen LogP contribution in [-0.4, -0.2) is 52.3 Å². The fourth-order valence-corrected chi connectivity index (χ4v) is 5.46. The number of hydrogen-bond acceptors (Lipinski definition) is 8. The Morgan fingerprint density at radius 2 is 0.638 bits per heavy atom. The molecule has 0 saturated carbocycles. The molecule has 11 heteroatoms. The van der Waals surface area contributed by atoms with E-state index in [2.05, 4.69) is 0 Å². The van der Waals surface area contributed by atoms with E-state index in [1.807, 2.05) is 97.1 Å². The third kappa shape index (κ3) is 5.41. The van der Waals surface area contributed by atoms with Crippen molar-refractivity contribution in [3.05, 3.63) is 97.1 Å². The first-order chi connectivity index (χ1) is 22.4. The minimum atomic E-state index is -0.593. The number of nitrogens with zero attached hydrogens (tertiary/aromatic N) is 8. The van der Waals surface area contributed by atoms with Crippen LogP contribution < -0.4 is 9.97 Å². The van der Waals surface area contributed by atoms with Gasteiger partial charge in [-0.1, -0.05) is 97.1 Å². The van der Waals surface area contributed by atoms with Crippen LogP contribution in [0.1, 0.15) is 13.8 Å². The van der Waals surface area contributed by atoms with Crippen molar-refractivity contribution < 1.29 is 31.9 Å². The summed E-state index contributed by atoms with van der Waals surface area (Å²) in [5.74, 6) is 2.21. The Labute approximate surface area is 283 Å². The van der Waals surface area contributed by atoms with Crippen molar-refractivity contribution in [2.24, 2.45) is 0 Å². The van der Waals surface area contributed by atoms with Crippen LogP contribution in [0.25, 0.3) is 89.7 Å². The van der Waals surface area contributed by atoms with Crippen LogP contribution in [-0.2, 0) is 21.7 Å². The van der Waals surface area contributed by atoms with Crippen LogP contribution in [0.15, 0.2) is 97.1 Å².